The maximum absolute atomic E-state index is 6.42. The molecule has 0 saturated heterocycles. The molecule has 4 N–H and O–H groups in total. The van der Waals surface area contributed by atoms with Crippen molar-refractivity contribution in [3.63, 3.8) is 0 Å². The van der Waals surface area contributed by atoms with Crippen LogP contribution in [0.3, 0.4) is 0 Å². The van der Waals surface area contributed by atoms with Crippen molar-refractivity contribution in [1.82, 2.24) is 39.7 Å². The Morgan fingerprint density at radius 2 is 1.12 bits per heavy atom. The van der Waals surface area contributed by atoms with Gasteiger partial charge in [-0.3, -0.25) is 0 Å². The van der Waals surface area contributed by atoms with Crippen LogP contribution in [0.15, 0.2) is 70.9 Å². The van der Waals surface area contributed by atoms with Crippen molar-refractivity contribution in [3.8, 4) is 22.3 Å². The van der Waals surface area contributed by atoms with Gasteiger partial charge in [0.25, 0.3) is 5.95 Å². The molecule has 16 heteroatoms. The van der Waals surface area contributed by atoms with Gasteiger partial charge in [-0.15, -0.1) is 0 Å². The molecule has 6 rings (SSSR count). The van der Waals surface area contributed by atoms with Gasteiger partial charge in [-0.25, -0.2) is 29.9 Å². The lowest BCUT2D eigenvalue weighted by molar-refractivity contribution is 0.642. The van der Waals surface area contributed by atoms with Gasteiger partial charge in [0.05, 0.1) is 32.8 Å². The zero-order valence-electron chi connectivity index (χ0n) is 26.1. The van der Waals surface area contributed by atoms with Crippen molar-refractivity contribution in [2.45, 2.75) is 0 Å². The molecule has 244 valence electrons. The molecule has 0 spiro atoms. The Balaban J connectivity index is 0.000000198. The summed E-state index contributed by atoms with van der Waals surface area (Å²) in [4.78, 5) is 37.8. The molecule has 0 aliphatic rings. The predicted octanol–water partition coefficient (Wildman–Crippen LogP) is 7.60. The van der Waals surface area contributed by atoms with Crippen molar-refractivity contribution >= 4 is 105 Å². The summed E-state index contributed by atoms with van der Waals surface area (Å²) in [5, 5.41) is 3.48. The van der Waals surface area contributed by atoms with Crippen LogP contribution in [0, 0.1) is 0 Å². The Labute approximate surface area is 296 Å². The number of nitrogens with two attached hydrogens (primary N) is 2. The standard InChI is InChI=1S/C19H19Cl2N7.C13H9Cl2N5/c1-27(2)10-23-18-13(16-14(20)6-5-7-15(16)21)8-12-9-22-19(24-11-28(3)4)26-17(12)25-18;14-8-2-1-3-9(15)10(8)7-4-6-5-18-13(17)20-12(6)19-11(7)16/h5-11H,1-4H3;1-5H,(H4,16,17,18,19,20). The molecular weight excluding hydrogens is 694 g/mol. The van der Waals surface area contributed by atoms with E-state index in [1.54, 1.807) is 72.4 Å². The van der Waals surface area contributed by atoms with Gasteiger partial charge in [0.2, 0.25) is 5.95 Å². The molecule has 0 saturated carbocycles. The normalized spacial score (nSPS) is 11.3. The maximum Gasteiger partial charge on any atom is 0.252 e. The number of halogens is 4. The van der Waals surface area contributed by atoms with Gasteiger partial charge in [0.15, 0.2) is 17.1 Å². The molecule has 4 heterocycles. The minimum atomic E-state index is 0.146. The number of rotatable bonds is 6. The molecule has 6 aromatic rings. The zero-order chi connectivity index (χ0) is 34.5. The van der Waals surface area contributed by atoms with Crippen molar-refractivity contribution in [2.75, 3.05) is 39.7 Å². The quantitative estimate of drug-likeness (QED) is 0.129. The van der Waals surface area contributed by atoms with Gasteiger partial charge in [-0.1, -0.05) is 58.5 Å². The lowest BCUT2D eigenvalue weighted by atomic mass is 10.1. The molecule has 0 fully saturated rings. The molecule has 0 unspecified atom stereocenters. The highest BCUT2D eigenvalue weighted by Crippen LogP contribution is 2.40. The number of benzene rings is 2. The second kappa shape index (κ2) is 14.9. The van der Waals surface area contributed by atoms with E-state index in [0.717, 1.165) is 5.39 Å². The highest BCUT2D eigenvalue weighted by molar-refractivity contribution is 6.40. The van der Waals surface area contributed by atoms with Crippen molar-refractivity contribution in [3.05, 3.63) is 81.0 Å². The van der Waals surface area contributed by atoms with Gasteiger partial charge >= 0.3 is 0 Å². The van der Waals surface area contributed by atoms with E-state index in [9.17, 15) is 0 Å². The van der Waals surface area contributed by atoms with Gasteiger partial charge < -0.3 is 21.3 Å². The fourth-order valence-electron chi connectivity index (χ4n) is 4.33. The lowest BCUT2D eigenvalue weighted by Gasteiger charge is -2.11. The average molecular weight is 722 g/mol. The minimum absolute atomic E-state index is 0.146. The number of pyridine rings is 2. The minimum Gasteiger partial charge on any atom is -0.383 e. The van der Waals surface area contributed by atoms with Crippen LogP contribution >= 0.6 is 46.4 Å². The summed E-state index contributed by atoms with van der Waals surface area (Å²) in [6, 6.07) is 14.3. The Hall–Kier alpha value is -4.88. The van der Waals surface area contributed by atoms with Gasteiger partial charge in [0, 0.05) is 73.6 Å². The van der Waals surface area contributed by atoms with E-state index in [2.05, 4.69) is 39.9 Å². The number of anilines is 2. The summed E-state index contributed by atoms with van der Waals surface area (Å²) in [5.41, 5.74) is 15.1. The highest BCUT2D eigenvalue weighted by Gasteiger charge is 2.17. The largest absolute Gasteiger partial charge is 0.383 e. The topological polar surface area (TPSA) is 161 Å². The summed E-state index contributed by atoms with van der Waals surface area (Å²) in [5.74, 6) is 1.20. The van der Waals surface area contributed by atoms with E-state index in [1.165, 1.54) is 0 Å². The molecular formula is C32H28Cl4N12. The first-order valence-corrected chi connectivity index (χ1v) is 15.6. The maximum atomic E-state index is 6.42. The van der Waals surface area contributed by atoms with E-state index in [0.29, 0.717) is 70.8 Å². The van der Waals surface area contributed by atoms with E-state index >= 15 is 0 Å². The lowest BCUT2D eigenvalue weighted by Crippen LogP contribution is -2.07. The summed E-state index contributed by atoms with van der Waals surface area (Å²) in [6.07, 6.45) is 6.54. The SMILES string of the molecule is CN(C)C=Nc1ncc2cc(-c3c(Cl)cccc3Cl)c(N=CN(C)C)nc2n1.Nc1ncc2cc(-c3c(Cl)cccc3Cl)c(N)nc2n1. The molecule has 2 aromatic carbocycles. The fraction of sp³-hybridized carbons (Fsp3) is 0.125. The fourth-order valence-corrected chi connectivity index (χ4v) is 5.53. The summed E-state index contributed by atoms with van der Waals surface area (Å²) in [6.45, 7) is 0. The molecule has 12 nitrogen and oxygen atoms in total. The molecule has 0 aliphatic heterocycles. The van der Waals surface area contributed by atoms with Crippen LogP contribution in [0.1, 0.15) is 0 Å². The third-order valence-corrected chi connectivity index (χ3v) is 7.69. The van der Waals surface area contributed by atoms with Crippen LogP contribution in [-0.2, 0) is 0 Å². The molecule has 48 heavy (non-hydrogen) atoms. The number of nitrogens with zero attached hydrogens (tertiary/aromatic N) is 10. The Morgan fingerprint density at radius 3 is 1.71 bits per heavy atom. The van der Waals surface area contributed by atoms with Crippen LogP contribution in [0.25, 0.3) is 44.3 Å². The third kappa shape index (κ3) is 7.97. The molecule has 4 aromatic heterocycles. The second-order valence-corrected chi connectivity index (χ2v) is 12.2. The van der Waals surface area contributed by atoms with Crippen molar-refractivity contribution in [1.29, 1.82) is 0 Å². The molecule has 0 radical (unpaired) electrons. The number of nitrogen functional groups attached to an aromatic ring is 2. The first-order valence-electron chi connectivity index (χ1n) is 14.1. The van der Waals surface area contributed by atoms with E-state index < -0.39 is 0 Å². The van der Waals surface area contributed by atoms with Gasteiger partial charge in [-0.05, 0) is 36.4 Å². The third-order valence-electron chi connectivity index (χ3n) is 6.43. The summed E-state index contributed by atoms with van der Waals surface area (Å²) < 4.78 is 0. The molecule has 0 atom stereocenters. The van der Waals surface area contributed by atoms with Crippen LogP contribution in [0.4, 0.5) is 23.5 Å². The number of aliphatic imine (C=N–C) groups is 2. The molecule has 0 bridgehead atoms. The number of aromatic nitrogens is 6. The first kappa shape index (κ1) is 34.5. The molecule has 0 aliphatic carbocycles. The predicted molar refractivity (Wildman–Crippen MR) is 198 cm³/mol. The molecule has 0 amide bonds. The van der Waals surface area contributed by atoms with Crippen LogP contribution in [-0.4, -0.2) is 80.6 Å². The first-order chi connectivity index (χ1) is 22.9. The number of hydrogen-bond acceptors (Lipinski definition) is 10. The second-order valence-electron chi connectivity index (χ2n) is 10.6. The van der Waals surface area contributed by atoms with E-state index in [1.807, 2.05) is 39.2 Å². The van der Waals surface area contributed by atoms with E-state index in [-0.39, 0.29) is 11.8 Å². The monoisotopic (exact) mass is 720 g/mol. The smallest absolute Gasteiger partial charge is 0.252 e. The Kier molecular flexibility index (Phi) is 10.7. The number of hydrogen-bond donors (Lipinski definition) is 2. The van der Waals surface area contributed by atoms with E-state index in [4.69, 9.17) is 57.9 Å². The summed E-state index contributed by atoms with van der Waals surface area (Å²) >= 11 is 25.2. The Bertz CT molecular complexity index is 2150. The van der Waals surface area contributed by atoms with Crippen molar-refractivity contribution in [2.24, 2.45) is 9.98 Å². The Morgan fingerprint density at radius 1 is 0.625 bits per heavy atom. The van der Waals surface area contributed by atoms with Crippen molar-refractivity contribution < 1.29 is 0 Å². The van der Waals surface area contributed by atoms with Gasteiger partial charge in [0.1, 0.15) is 5.82 Å². The number of fused-ring (bicyclic) bond motifs is 2. The zero-order valence-corrected chi connectivity index (χ0v) is 29.1. The summed E-state index contributed by atoms with van der Waals surface area (Å²) in [7, 11) is 7.50. The van der Waals surface area contributed by atoms with Crippen LogP contribution in [0.5, 0.6) is 0 Å². The highest BCUT2D eigenvalue weighted by atomic mass is 35.5. The van der Waals surface area contributed by atoms with Gasteiger partial charge in [-0.2, -0.15) is 9.97 Å². The average Bonchev–Trinajstić information content (AvgIpc) is 3.03. The van der Waals surface area contributed by atoms with Crippen LogP contribution < -0.4 is 11.5 Å². The van der Waals surface area contributed by atoms with Crippen LogP contribution in [0.2, 0.25) is 20.1 Å².